The molecule has 1 rings (SSSR count). The van der Waals surface area contributed by atoms with Gasteiger partial charge in [0.1, 0.15) is 6.61 Å². The summed E-state index contributed by atoms with van der Waals surface area (Å²) < 4.78 is 5.82. The number of nitrogens with two attached hydrogens (primary N) is 1. The Bertz CT molecular complexity index is 358. The molecule has 0 spiro atoms. The zero-order valence-electron chi connectivity index (χ0n) is 13.1. The summed E-state index contributed by atoms with van der Waals surface area (Å²) in [5, 5.41) is 0. The van der Waals surface area contributed by atoms with Gasteiger partial charge in [0.15, 0.2) is 0 Å². The van der Waals surface area contributed by atoms with Crippen molar-refractivity contribution in [2.75, 3.05) is 20.2 Å². The Morgan fingerprint density at radius 2 is 2.10 bits per heavy atom. The number of hydrogen-bond acceptors (Lipinski definition) is 3. The number of hydrogen-bond donors (Lipinski definition) is 1. The molecule has 4 nitrogen and oxygen atoms in total. The second-order valence-electron chi connectivity index (χ2n) is 6.88. The summed E-state index contributed by atoms with van der Waals surface area (Å²) in [6, 6.07) is 0. The number of rotatable bonds is 6. The van der Waals surface area contributed by atoms with Crippen molar-refractivity contribution in [1.82, 2.24) is 4.90 Å². The van der Waals surface area contributed by atoms with Crippen LogP contribution in [0.2, 0.25) is 0 Å². The number of ether oxygens (including phenoxy) is 1. The predicted octanol–water partition coefficient (Wildman–Crippen LogP) is 2.35. The minimum absolute atomic E-state index is 0.00252. The van der Waals surface area contributed by atoms with Crippen LogP contribution in [0.5, 0.6) is 0 Å². The number of likely N-dealkylation sites (N-methyl/N-ethyl adjacent to an activating group) is 1. The van der Waals surface area contributed by atoms with Crippen LogP contribution in [-0.2, 0) is 9.53 Å². The lowest BCUT2D eigenvalue weighted by Crippen LogP contribution is -2.37. The largest absolute Gasteiger partial charge is 0.393 e. The quantitative estimate of drug-likeness (QED) is 0.765. The van der Waals surface area contributed by atoms with Crippen LogP contribution >= 0.6 is 12.2 Å². The lowest BCUT2D eigenvalue weighted by atomic mass is 9.71. The Hall–Kier alpha value is -0.680. The fourth-order valence-electron chi connectivity index (χ4n) is 3.09. The molecule has 1 fully saturated rings. The Morgan fingerprint density at radius 1 is 1.45 bits per heavy atom. The van der Waals surface area contributed by atoms with Gasteiger partial charge in [-0.25, -0.2) is 0 Å². The molecule has 0 heterocycles. The molecule has 20 heavy (non-hydrogen) atoms. The molecule has 2 atom stereocenters. The van der Waals surface area contributed by atoms with E-state index in [1.165, 1.54) is 6.42 Å². The van der Waals surface area contributed by atoms with Crippen LogP contribution in [0.15, 0.2) is 0 Å². The van der Waals surface area contributed by atoms with E-state index >= 15 is 0 Å². The molecule has 2 N–H and O–H groups in total. The lowest BCUT2D eigenvalue weighted by molar-refractivity contribution is -0.139. The van der Waals surface area contributed by atoms with Gasteiger partial charge in [0.2, 0.25) is 5.91 Å². The first-order chi connectivity index (χ1) is 9.19. The van der Waals surface area contributed by atoms with Gasteiger partial charge in [-0.15, -0.1) is 0 Å². The van der Waals surface area contributed by atoms with Gasteiger partial charge in [-0.2, -0.15) is 0 Å². The summed E-state index contributed by atoms with van der Waals surface area (Å²) in [6.07, 6.45) is 4.07. The summed E-state index contributed by atoms with van der Waals surface area (Å²) >= 11 is 4.81. The van der Waals surface area contributed by atoms with Crippen LogP contribution in [0.4, 0.5) is 0 Å². The van der Waals surface area contributed by atoms with Gasteiger partial charge in [-0.05, 0) is 30.6 Å². The van der Waals surface area contributed by atoms with Gasteiger partial charge in [-0.1, -0.05) is 33.0 Å². The van der Waals surface area contributed by atoms with E-state index in [1.54, 1.807) is 11.9 Å². The normalized spacial score (nSPS) is 25.2. The van der Waals surface area contributed by atoms with E-state index in [0.29, 0.717) is 29.3 Å². The third-order valence-electron chi connectivity index (χ3n) is 3.91. The maximum Gasteiger partial charge on any atom is 0.248 e. The van der Waals surface area contributed by atoms with Crippen molar-refractivity contribution in [2.24, 2.45) is 17.1 Å². The Balaban J connectivity index is 2.35. The van der Waals surface area contributed by atoms with Crippen LogP contribution in [0.1, 0.15) is 46.5 Å². The molecule has 1 aliphatic rings. The standard InChI is InChI=1S/C15H28N2O2S/c1-11-7-12(9-15(2,3)8-11)19-10-14(18)17(4)6-5-13(16)20/h11-12H,5-10H2,1-4H3,(H2,16,20). The zero-order chi connectivity index (χ0) is 15.3. The van der Waals surface area contributed by atoms with Crippen LogP contribution in [0.3, 0.4) is 0 Å². The first kappa shape index (κ1) is 17.4. The third-order valence-corrected chi connectivity index (χ3v) is 4.11. The Kier molecular flexibility index (Phi) is 6.40. The van der Waals surface area contributed by atoms with Crippen LogP contribution in [-0.4, -0.2) is 42.1 Å². The fraction of sp³-hybridized carbons (Fsp3) is 0.867. The van der Waals surface area contributed by atoms with Crippen molar-refractivity contribution in [3.63, 3.8) is 0 Å². The van der Waals surface area contributed by atoms with Gasteiger partial charge < -0.3 is 15.4 Å². The molecule has 0 saturated heterocycles. The molecule has 116 valence electrons. The van der Waals surface area contributed by atoms with E-state index in [-0.39, 0.29) is 18.6 Å². The average Bonchev–Trinajstić information content (AvgIpc) is 2.30. The molecule has 0 aromatic heterocycles. The molecule has 0 radical (unpaired) electrons. The molecule has 0 bridgehead atoms. The number of carbonyl (C=O) groups is 1. The molecule has 0 aliphatic heterocycles. The molecular formula is C15H28N2O2S. The number of carbonyl (C=O) groups excluding carboxylic acids is 1. The van der Waals surface area contributed by atoms with Crippen molar-refractivity contribution >= 4 is 23.1 Å². The maximum absolute atomic E-state index is 12.0. The molecule has 0 aromatic carbocycles. The molecule has 1 amide bonds. The van der Waals surface area contributed by atoms with E-state index in [2.05, 4.69) is 20.8 Å². The summed E-state index contributed by atoms with van der Waals surface area (Å²) in [5.41, 5.74) is 5.75. The molecule has 5 heteroatoms. The smallest absolute Gasteiger partial charge is 0.248 e. The highest BCUT2D eigenvalue weighted by molar-refractivity contribution is 7.80. The first-order valence-electron chi connectivity index (χ1n) is 7.33. The van der Waals surface area contributed by atoms with Crippen molar-refractivity contribution in [1.29, 1.82) is 0 Å². The van der Waals surface area contributed by atoms with E-state index in [1.807, 2.05) is 0 Å². The zero-order valence-corrected chi connectivity index (χ0v) is 14.0. The fourth-order valence-corrected chi connectivity index (χ4v) is 3.18. The Labute approximate surface area is 128 Å². The summed E-state index contributed by atoms with van der Waals surface area (Å²) in [5.74, 6) is 0.656. The van der Waals surface area contributed by atoms with Crippen LogP contribution in [0, 0.1) is 11.3 Å². The lowest BCUT2D eigenvalue weighted by Gasteiger charge is -2.38. The highest BCUT2D eigenvalue weighted by Crippen LogP contribution is 2.39. The summed E-state index contributed by atoms with van der Waals surface area (Å²) in [6.45, 7) is 7.52. The molecule has 2 unspecified atom stereocenters. The van der Waals surface area contributed by atoms with Gasteiger partial charge in [-0.3, -0.25) is 4.79 Å². The first-order valence-corrected chi connectivity index (χ1v) is 7.74. The monoisotopic (exact) mass is 300 g/mol. The topological polar surface area (TPSA) is 55.6 Å². The van der Waals surface area contributed by atoms with Crippen molar-refractivity contribution in [2.45, 2.75) is 52.6 Å². The Morgan fingerprint density at radius 3 is 2.65 bits per heavy atom. The predicted molar refractivity (Wildman–Crippen MR) is 85.6 cm³/mol. The molecule has 0 aromatic rings. The minimum atomic E-state index is -0.00252. The second kappa shape index (κ2) is 7.36. The van der Waals surface area contributed by atoms with Crippen molar-refractivity contribution in [3.8, 4) is 0 Å². The SMILES string of the molecule is CC1CC(OCC(=O)N(C)CCC(N)=S)CC(C)(C)C1. The van der Waals surface area contributed by atoms with Crippen LogP contribution < -0.4 is 5.73 Å². The highest BCUT2D eigenvalue weighted by Gasteiger charge is 2.32. The molecular weight excluding hydrogens is 272 g/mol. The number of thiocarbonyl (C=S) groups is 1. The third kappa shape index (κ3) is 6.18. The van der Waals surface area contributed by atoms with E-state index < -0.39 is 0 Å². The average molecular weight is 300 g/mol. The molecule has 1 aliphatic carbocycles. The summed E-state index contributed by atoms with van der Waals surface area (Å²) in [7, 11) is 1.76. The number of amides is 1. The number of nitrogens with zero attached hydrogens (tertiary/aromatic N) is 1. The minimum Gasteiger partial charge on any atom is -0.393 e. The maximum atomic E-state index is 12.0. The van der Waals surface area contributed by atoms with E-state index in [0.717, 1.165) is 12.8 Å². The second-order valence-corrected chi connectivity index (χ2v) is 7.40. The van der Waals surface area contributed by atoms with Crippen molar-refractivity contribution < 1.29 is 9.53 Å². The highest BCUT2D eigenvalue weighted by atomic mass is 32.1. The van der Waals surface area contributed by atoms with Gasteiger partial charge in [0.25, 0.3) is 0 Å². The van der Waals surface area contributed by atoms with Crippen molar-refractivity contribution in [3.05, 3.63) is 0 Å². The van der Waals surface area contributed by atoms with Gasteiger partial charge in [0.05, 0.1) is 11.1 Å². The van der Waals surface area contributed by atoms with Gasteiger partial charge in [0, 0.05) is 20.0 Å². The van der Waals surface area contributed by atoms with Gasteiger partial charge >= 0.3 is 0 Å². The van der Waals surface area contributed by atoms with Crippen LogP contribution in [0.25, 0.3) is 0 Å². The van der Waals surface area contributed by atoms with E-state index in [4.69, 9.17) is 22.7 Å². The van der Waals surface area contributed by atoms with E-state index in [9.17, 15) is 4.79 Å². The molecule has 1 saturated carbocycles. The summed E-state index contributed by atoms with van der Waals surface area (Å²) in [4.78, 5) is 14.0.